The molecule has 9 heteroatoms. The lowest BCUT2D eigenvalue weighted by Crippen LogP contribution is -2.35. The molecule has 0 radical (unpaired) electrons. The summed E-state index contributed by atoms with van der Waals surface area (Å²) in [6.07, 6.45) is 2.58. The summed E-state index contributed by atoms with van der Waals surface area (Å²) in [5.41, 5.74) is 5.43. The highest BCUT2D eigenvalue weighted by Crippen LogP contribution is 2.35. The molecule has 0 bridgehead atoms. The van der Waals surface area contributed by atoms with Crippen molar-refractivity contribution in [3.05, 3.63) is 23.8 Å². The van der Waals surface area contributed by atoms with E-state index >= 15 is 0 Å². The van der Waals surface area contributed by atoms with E-state index in [1.54, 1.807) is 12.1 Å². The van der Waals surface area contributed by atoms with Gasteiger partial charge in [-0.05, 0) is 12.1 Å². The minimum Gasteiger partial charge on any atom is -0.496 e. The molecule has 1 aromatic carbocycles. The van der Waals surface area contributed by atoms with Crippen molar-refractivity contribution in [3.8, 4) is 17.2 Å². The summed E-state index contributed by atoms with van der Waals surface area (Å²) in [6, 6.07) is 3.24. The number of carbonyl (C=O) groups is 3. The van der Waals surface area contributed by atoms with Gasteiger partial charge in [0.1, 0.15) is 5.75 Å². The van der Waals surface area contributed by atoms with Crippen LogP contribution in [0.15, 0.2) is 18.2 Å². The SMILES string of the molecule is COc1cc(OC)c(OC)cc1/C=C/C(=O)OCC(=O)NCC(N)=O. The number of amides is 2. The molecule has 0 saturated carbocycles. The number of hydrogen-bond donors (Lipinski definition) is 2. The molecule has 9 nitrogen and oxygen atoms in total. The summed E-state index contributed by atoms with van der Waals surface area (Å²) in [5.74, 6) is -0.677. The number of carbonyl (C=O) groups excluding carboxylic acids is 3. The zero-order valence-electron chi connectivity index (χ0n) is 14.2. The van der Waals surface area contributed by atoms with Gasteiger partial charge in [-0.3, -0.25) is 9.59 Å². The Morgan fingerprint density at radius 1 is 1.04 bits per heavy atom. The minimum atomic E-state index is -0.744. The summed E-state index contributed by atoms with van der Waals surface area (Å²) in [6.45, 7) is -0.853. The normalized spacial score (nSPS) is 10.2. The fourth-order valence-electron chi connectivity index (χ4n) is 1.76. The molecule has 0 heterocycles. The van der Waals surface area contributed by atoms with Crippen LogP contribution in [-0.4, -0.2) is 52.3 Å². The molecule has 2 amide bonds. The monoisotopic (exact) mass is 352 g/mol. The zero-order valence-corrected chi connectivity index (χ0v) is 14.2. The molecule has 0 fully saturated rings. The van der Waals surface area contributed by atoms with Crippen LogP contribution in [-0.2, 0) is 19.1 Å². The predicted molar refractivity (Wildman–Crippen MR) is 88.3 cm³/mol. The van der Waals surface area contributed by atoms with Crippen LogP contribution < -0.4 is 25.3 Å². The van der Waals surface area contributed by atoms with Crippen molar-refractivity contribution in [1.82, 2.24) is 5.32 Å². The molecule has 136 valence electrons. The van der Waals surface area contributed by atoms with Gasteiger partial charge in [0.15, 0.2) is 18.1 Å². The van der Waals surface area contributed by atoms with Gasteiger partial charge < -0.3 is 30.0 Å². The number of nitrogens with two attached hydrogens (primary N) is 1. The molecule has 0 spiro atoms. The van der Waals surface area contributed by atoms with E-state index < -0.39 is 24.4 Å². The molecular formula is C16H20N2O7. The molecule has 3 N–H and O–H groups in total. The van der Waals surface area contributed by atoms with Crippen molar-refractivity contribution in [3.63, 3.8) is 0 Å². The van der Waals surface area contributed by atoms with Gasteiger partial charge in [0.2, 0.25) is 5.91 Å². The molecule has 0 aliphatic carbocycles. The van der Waals surface area contributed by atoms with Crippen molar-refractivity contribution in [1.29, 1.82) is 0 Å². The second-order valence-electron chi connectivity index (χ2n) is 4.63. The lowest BCUT2D eigenvalue weighted by molar-refractivity contribution is -0.143. The van der Waals surface area contributed by atoms with E-state index in [1.165, 1.54) is 27.4 Å². The first kappa shape index (κ1) is 19.8. The first-order valence-electron chi connectivity index (χ1n) is 7.11. The van der Waals surface area contributed by atoms with Crippen molar-refractivity contribution in [2.75, 3.05) is 34.5 Å². The van der Waals surface area contributed by atoms with E-state index in [1.807, 2.05) is 0 Å². The summed E-state index contributed by atoms with van der Waals surface area (Å²) in [7, 11) is 4.45. The predicted octanol–water partition coefficient (Wildman–Crippen LogP) is -0.130. The maximum atomic E-state index is 11.7. The Morgan fingerprint density at radius 2 is 1.64 bits per heavy atom. The molecule has 0 atom stereocenters. The molecular weight excluding hydrogens is 332 g/mol. The number of hydrogen-bond acceptors (Lipinski definition) is 7. The lowest BCUT2D eigenvalue weighted by Gasteiger charge is -2.12. The van der Waals surface area contributed by atoms with E-state index in [9.17, 15) is 14.4 Å². The van der Waals surface area contributed by atoms with Crippen LogP contribution in [0, 0.1) is 0 Å². The Morgan fingerprint density at radius 3 is 2.20 bits per heavy atom. The molecule has 0 aliphatic heterocycles. The summed E-state index contributed by atoms with van der Waals surface area (Å²) in [5, 5.41) is 2.19. The average molecular weight is 352 g/mol. The molecule has 25 heavy (non-hydrogen) atoms. The minimum absolute atomic E-state index is 0.324. The van der Waals surface area contributed by atoms with E-state index in [4.69, 9.17) is 24.7 Å². The number of ether oxygens (including phenoxy) is 4. The van der Waals surface area contributed by atoms with Crippen LogP contribution in [0.3, 0.4) is 0 Å². The number of rotatable bonds is 9. The van der Waals surface area contributed by atoms with Gasteiger partial charge in [-0.25, -0.2) is 4.79 Å². The fourth-order valence-corrected chi connectivity index (χ4v) is 1.76. The zero-order chi connectivity index (χ0) is 18.8. The lowest BCUT2D eigenvalue weighted by atomic mass is 10.1. The fraction of sp³-hybridized carbons (Fsp3) is 0.312. The van der Waals surface area contributed by atoms with Gasteiger partial charge >= 0.3 is 5.97 Å². The van der Waals surface area contributed by atoms with Crippen LogP contribution in [0.1, 0.15) is 5.56 Å². The van der Waals surface area contributed by atoms with E-state index in [2.05, 4.69) is 5.32 Å². The number of methoxy groups -OCH3 is 3. The van der Waals surface area contributed by atoms with Gasteiger partial charge in [0.25, 0.3) is 5.91 Å². The third kappa shape index (κ3) is 6.42. The maximum absolute atomic E-state index is 11.7. The second kappa shape index (κ2) is 9.81. The van der Waals surface area contributed by atoms with E-state index in [-0.39, 0.29) is 6.54 Å². The van der Waals surface area contributed by atoms with Gasteiger partial charge in [-0.1, -0.05) is 0 Å². The molecule has 1 aromatic rings. The van der Waals surface area contributed by atoms with Crippen LogP contribution in [0.2, 0.25) is 0 Å². The highest BCUT2D eigenvalue weighted by molar-refractivity contribution is 5.90. The Bertz CT molecular complexity index is 671. The van der Waals surface area contributed by atoms with Gasteiger partial charge in [-0.2, -0.15) is 0 Å². The largest absolute Gasteiger partial charge is 0.496 e. The highest BCUT2D eigenvalue weighted by atomic mass is 16.5. The van der Waals surface area contributed by atoms with Crippen molar-refractivity contribution in [2.24, 2.45) is 5.73 Å². The van der Waals surface area contributed by atoms with Crippen LogP contribution >= 0.6 is 0 Å². The Kier molecular flexibility index (Phi) is 7.77. The number of nitrogens with one attached hydrogen (secondary N) is 1. The van der Waals surface area contributed by atoms with Gasteiger partial charge in [0, 0.05) is 17.7 Å². The van der Waals surface area contributed by atoms with E-state index in [0.29, 0.717) is 22.8 Å². The van der Waals surface area contributed by atoms with Gasteiger partial charge in [-0.15, -0.1) is 0 Å². The topological polar surface area (TPSA) is 126 Å². The molecule has 1 rings (SSSR count). The standard InChI is InChI=1S/C16H20N2O7/c1-22-11-7-13(24-3)12(23-2)6-10(11)4-5-16(21)25-9-15(20)18-8-14(17)19/h4-7H,8-9H2,1-3H3,(H2,17,19)(H,18,20)/b5-4+. The van der Waals surface area contributed by atoms with Crippen LogP contribution in [0.5, 0.6) is 17.2 Å². The first-order chi connectivity index (χ1) is 11.9. The second-order valence-corrected chi connectivity index (χ2v) is 4.63. The molecule has 0 aliphatic rings. The molecule has 0 unspecified atom stereocenters. The summed E-state index contributed by atoms with van der Waals surface area (Å²) in [4.78, 5) is 33.5. The smallest absolute Gasteiger partial charge is 0.331 e. The third-order valence-corrected chi connectivity index (χ3v) is 2.94. The van der Waals surface area contributed by atoms with Crippen LogP contribution in [0.25, 0.3) is 6.08 Å². The summed E-state index contributed by atoms with van der Waals surface area (Å²) >= 11 is 0. The Hall–Kier alpha value is -3.23. The first-order valence-corrected chi connectivity index (χ1v) is 7.11. The van der Waals surface area contributed by atoms with Crippen molar-refractivity contribution < 1.29 is 33.3 Å². The number of esters is 1. The number of benzene rings is 1. The summed E-state index contributed by atoms with van der Waals surface area (Å²) < 4.78 is 20.3. The highest BCUT2D eigenvalue weighted by Gasteiger charge is 2.11. The van der Waals surface area contributed by atoms with Crippen LogP contribution in [0.4, 0.5) is 0 Å². The molecule has 0 saturated heterocycles. The number of primary amides is 1. The van der Waals surface area contributed by atoms with Gasteiger partial charge in [0.05, 0.1) is 27.9 Å². The maximum Gasteiger partial charge on any atom is 0.331 e. The van der Waals surface area contributed by atoms with E-state index in [0.717, 1.165) is 6.08 Å². The molecule has 0 aromatic heterocycles. The third-order valence-electron chi connectivity index (χ3n) is 2.94. The average Bonchev–Trinajstić information content (AvgIpc) is 2.61. The van der Waals surface area contributed by atoms with Crippen molar-refractivity contribution >= 4 is 23.9 Å². The Balaban J connectivity index is 2.72. The van der Waals surface area contributed by atoms with Crippen molar-refractivity contribution in [2.45, 2.75) is 0 Å². The Labute approximate surface area is 144 Å². The quantitative estimate of drug-likeness (QED) is 0.468.